The highest BCUT2D eigenvalue weighted by atomic mass is 16.4. The molecule has 0 amide bonds. The molecule has 3 aromatic rings. The van der Waals surface area contributed by atoms with Gasteiger partial charge in [-0.25, -0.2) is 4.79 Å². The van der Waals surface area contributed by atoms with Gasteiger partial charge in [0.25, 0.3) is 0 Å². The molecule has 0 atom stereocenters. The predicted octanol–water partition coefficient (Wildman–Crippen LogP) is 1.76. The van der Waals surface area contributed by atoms with Gasteiger partial charge in [-0.15, -0.1) is 0 Å². The van der Waals surface area contributed by atoms with Crippen molar-refractivity contribution >= 4 is 27.9 Å². The number of fused-ring (bicyclic) bond motifs is 2. The maximum Gasteiger partial charge on any atom is 0.339 e. The maximum absolute atomic E-state index is 12.4. The molecule has 4 N–H and O–H groups in total. The Hall–Kier alpha value is -3.22. The lowest BCUT2D eigenvalue weighted by Gasteiger charge is -2.06. The first kappa shape index (κ1) is 12.8. The topological polar surface area (TPSA) is 128 Å². The van der Waals surface area contributed by atoms with E-state index in [2.05, 4.69) is 0 Å². The first-order valence-electron chi connectivity index (χ1n) is 5.78. The molecule has 3 rings (SSSR count). The minimum absolute atomic E-state index is 0.0556. The monoisotopic (exact) mass is 288 g/mol. The number of benzene rings is 2. The summed E-state index contributed by atoms with van der Waals surface area (Å²) in [5, 5.41) is 37.4. The Kier molecular flexibility index (Phi) is 2.52. The molecule has 2 aromatic carbocycles. The quantitative estimate of drug-likeness (QED) is 0.502. The normalized spacial score (nSPS) is 11.0. The van der Waals surface area contributed by atoms with E-state index in [4.69, 9.17) is 9.52 Å². The number of carboxylic acids is 1. The summed E-state index contributed by atoms with van der Waals surface area (Å²) >= 11 is 0. The number of carboxylic acid groups (broad SMARTS) is 1. The van der Waals surface area contributed by atoms with Crippen molar-refractivity contribution in [3.05, 3.63) is 40.1 Å². The summed E-state index contributed by atoms with van der Waals surface area (Å²) in [6.45, 7) is 0. The molecule has 106 valence electrons. The second-order valence-electron chi connectivity index (χ2n) is 4.41. The van der Waals surface area contributed by atoms with Gasteiger partial charge in [0, 0.05) is 12.1 Å². The minimum Gasteiger partial charge on any atom is -0.508 e. The van der Waals surface area contributed by atoms with E-state index >= 15 is 0 Å². The fraction of sp³-hybridized carbons (Fsp3) is 0. The Morgan fingerprint density at radius 2 is 1.71 bits per heavy atom. The molecule has 0 aliphatic heterocycles. The summed E-state index contributed by atoms with van der Waals surface area (Å²) in [6, 6.07) is 4.40. The summed E-state index contributed by atoms with van der Waals surface area (Å²) in [5.41, 5.74) is -1.37. The van der Waals surface area contributed by atoms with E-state index in [0.29, 0.717) is 0 Å². The highest BCUT2D eigenvalue weighted by Gasteiger charge is 2.20. The summed E-state index contributed by atoms with van der Waals surface area (Å²) in [5.74, 6) is -2.96. The van der Waals surface area contributed by atoms with Crippen LogP contribution >= 0.6 is 0 Å². The molecular formula is C14H8O7. The smallest absolute Gasteiger partial charge is 0.339 e. The lowest BCUT2D eigenvalue weighted by atomic mass is 10.1. The van der Waals surface area contributed by atoms with Crippen molar-refractivity contribution in [2.24, 2.45) is 0 Å². The van der Waals surface area contributed by atoms with Crippen molar-refractivity contribution in [3.8, 4) is 17.2 Å². The van der Waals surface area contributed by atoms with Crippen LogP contribution in [0.1, 0.15) is 10.4 Å². The van der Waals surface area contributed by atoms with Crippen LogP contribution in [0.25, 0.3) is 21.9 Å². The SMILES string of the molecule is O=C(O)c1ccc2oc3cc(O)cc(O)c3c(=O)c2c1O. The van der Waals surface area contributed by atoms with Gasteiger partial charge in [-0.1, -0.05) is 0 Å². The van der Waals surface area contributed by atoms with Crippen LogP contribution in [-0.4, -0.2) is 26.4 Å². The summed E-state index contributed by atoms with van der Waals surface area (Å²) in [4.78, 5) is 23.3. The fourth-order valence-electron chi connectivity index (χ4n) is 2.19. The lowest BCUT2D eigenvalue weighted by Crippen LogP contribution is -2.05. The van der Waals surface area contributed by atoms with Crippen molar-refractivity contribution in [1.29, 1.82) is 0 Å². The Labute approximate surface area is 115 Å². The molecule has 0 saturated heterocycles. The van der Waals surface area contributed by atoms with Crippen LogP contribution in [0.5, 0.6) is 17.2 Å². The number of rotatable bonds is 1. The average molecular weight is 288 g/mol. The molecule has 0 bridgehead atoms. The number of aromatic carboxylic acids is 1. The number of phenols is 3. The van der Waals surface area contributed by atoms with E-state index in [1.165, 1.54) is 6.07 Å². The molecule has 0 aliphatic carbocycles. The van der Waals surface area contributed by atoms with Crippen LogP contribution in [0.4, 0.5) is 0 Å². The Balaban J connectivity index is 2.58. The highest BCUT2D eigenvalue weighted by molar-refractivity contribution is 6.02. The predicted molar refractivity (Wildman–Crippen MR) is 71.9 cm³/mol. The molecule has 7 nitrogen and oxygen atoms in total. The largest absolute Gasteiger partial charge is 0.508 e. The van der Waals surface area contributed by atoms with Crippen LogP contribution in [0, 0.1) is 0 Å². The second-order valence-corrected chi connectivity index (χ2v) is 4.41. The zero-order chi connectivity index (χ0) is 15.3. The van der Waals surface area contributed by atoms with Crippen molar-refractivity contribution in [2.45, 2.75) is 0 Å². The van der Waals surface area contributed by atoms with E-state index < -0.39 is 28.5 Å². The molecule has 21 heavy (non-hydrogen) atoms. The highest BCUT2D eigenvalue weighted by Crippen LogP contribution is 2.33. The summed E-state index contributed by atoms with van der Waals surface area (Å²) < 4.78 is 5.33. The summed E-state index contributed by atoms with van der Waals surface area (Å²) in [6.07, 6.45) is 0. The van der Waals surface area contributed by atoms with Crippen LogP contribution in [0.3, 0.4) is 0 Å². The van der Waals surface area contributed by atoms with Gasteiger partial charge in [0.2, 0.25) is 5.43 Å². The van der Waals surface area contributed by atoms with Crippen LogP contribution < -0.4 is 5.43 Å². The van der Waals surface area contributed by atoms with Crippen molar-refractivity contribution in [3.63, 3.8) is 0 Å². The number of carbonyl (C=O) groups is 1. The molecule has 7 heteroatoms. The number of phenolic OH excluding ortho intramolecular Hbond substituents is 2. The second kappa shape index (κ2) is 4.14. The van der Waals surface area contributed by atoms with Gasteiger partial charge in [0.1, 0.15) is 44.8 Å². The van der Waals surface area contributed by atoms with Crippen molar-refractivity contribution < 1.29 is 29.6 Å². The van der Waals surface area contributed by atoms with Gasteiger partial charge >= 0.3 is 5.97 Å². The van der Waals surface area contributed by atoms with E-state index in [9.17, 15) is 24.9 Å². The maximum atomic E-state index is 12.4. The number of hydrogen-bond donors (Lipinski definition) is 4. The standard InChI is InChI=1S/C14H8O7/c15-5-3-7(16)10-9(4-5)21-8-2-1-6(14(19)20)12(17)11(8)13(10)18/h1-4,15-17H,(H,19,20). The van der Waals surface area contributed by atoms with Gasteiger partial charge in [0.05, 0.1) is 0 Å². The van der Waals surface area contributed by atoms with Crippen LogP contribution in [0.15, 0.2) is 33.5 Å². The molecule has 0 aliphatic rings. The van der Waals surface area contributed by atoms with Crippen molar-refractivity contribution in [2.75, 3.05) is 0 Å². The fourth-order valence-corrected chi connectivity index (χ4v) is 2.19. The van der Waals surface area contributed by atoms with Crippen molar-refractivity contribution in [1.82, 2.24) is 0 Å². The third kappa shape index (κ3) is 1.75. The third-order valence-electron chi connectivity index (χ3n) is 3.11. The Morgan fingerprint density at radius 3 is 2.38 bits per heavy atom. The molecule has 1 heterocycles. The average Bonchev–Trinajstić information content (AvgIpc) is 2.36. The van der Waals surface area contributed by atoms with Gasteiger partial charge < -0.3 is 24.8 Å². The van der Waals surface area contributed by atoms with E-state index in [0.717, 1.165) is 18.2 Å². The Bertz CT molecular complexity index is 969. The third-order valence-corrected chi connectivity index (χ3v) is 3.11. The molecule has 0 unspecified atom stereocenters. The number of aromatic hydroxyl groups is 3. The molecule has 0 saturated carbocycles. The zero-order valence-electron chi connectivity index (χ0n) is 10.3. The van der Waals surface area contributed by atoms with Gasteiger partial charge in [-0.2, -0.15) is 0 Å². The van der Waals surface area contributed by atoms with Gasteiger partial charge in [0.15, 0.2) is 0 Å². The number of hydrogen-bond acceptors (Lipinski definition) is 6. The minimum atomic E-state index is -1.40. The molecule has 0 radical (unpaired) electrons. The van der Waals surface area contributed by atoms with E-state index in [-0.39, 0.29) is 27.7 Å². The summed E-state index contributed by atoms with van der Waals surface area (Å²) in [7, 11) is 0. The van der Waals surface area contributed by atoms with Crippen LogP contribution in [-0.2, 0) is 0 Å². The van der Waals surface area contributed by atoms with Crippen LogP contribution in [0.2, 0.25) is 0 Å². The van der Waals surface area contributed by atoms with E-state index in [1.807, 2.05) is 0 Å². The molecule has 0 spiro atoms. The molecular weight excluding hydrogens is 280 g/mol. The molecule has 1 aromatic heterocycles. The van der Waals surface area contributed by atoms with E-state index in [1.54, 1.807) is 0 Å². The first-order valence-corrected chi connectivity index (χ1v) is 5.78. The zero-order valence-corrected chi connectivity index (χ0v) is 10.3. The Morgan fingerprint density at radius 1 is 1.00 bits per heavy atom. The first-order chi connectivity index (χ1) is 9.90. The van der Waals surface area contributed by atoms with Gasteiger partial charge in [-0.3, -0.25) is 4.79 Å². The molecule has 0 fully saturated rings. The lowest BCUT2D eigenvalue weighted by molar-refractivity contribution is 0.0694. The van der Waals surface area contributed by atoms with Gasteiger partial charge in [-0.05, 0) is 12.1 Å².